The Kier molecular flexibility index (Phi) is 3.31. The number of anilines is 1. The van der Waals surface area contributed by atoms with Crippen molar-refractivity contribution >= 4 is 5.82 Å². The van der Waals surface area contributed by atoms with Crippen molar-refractivity contribution in [3.8, 4) is 0 Å². The van der Waals surface area contributed by atoms with Crippen LogP contribution in [0.1, 0.15) is 24.7 Å². The van der Waals surface area contributed by atoms with Crippen LogP contribution in [-0.4, -0.2) is 39.9 Å². The Morgan fingerprint density at radius 3 is 2.88 bits per heavy atom. The topological polar surface area (TPSA) is 67.3 Å². The maximum Gasteiger partial charge on any atom is 0.144 e. The maximum absolute atomic E-state index is 10.3. The highest BCUT2D eigenvalue weighted by Gasteiger charge is 2.39. The molecule has 2 N–H and O–H groups in total. The molecule has 0 radical (unpaired) electrons. The molecule has 2 heterocycles. The average molecular weight is 237 g/mol. The van der Waals surface area contributed by atoms with Crippen LogP contribution in [0.4, 0.5) is 5.82 Å². The van der Waals surface area contributed by atoms with Crippen molar-refractivity contribution in [1.82, 2.24) is 9.97 Å². The molecule has 1 aromatic heterocycles. The Balaban J connectivity index is 2.00. The largest absolute Gasteiger partial charge is 0.385 e. The fourth-order valence-corrected chi connectivity index (χ4v) is 1.87. The molecule has 2 rings (SSSR count). The Bertz CT molecular complexity index is 411. The molecule has 5 nitrogen and oxygen atoms in total. The summed E-state index contributed by atoms with van der Waals surface area (Å²) in [7, 11) is 0. The molecule has 0 aromatic carbocycles. The second-order valence-electron chi connectivity index (χ2n) is 4.65. The number of nitrogens with one attached hydrogen (secondary N) is 1. The summed E-state index contributed by atoms with van der Waals surface area (Å²) < 4.78 is 5.37. The molecule has 0 bridgehead atoms. The lowest BCUT2D eigenvalue weighted by Gasteiger charge is -2.26. The van der Waals surface area contributed by atoms with Crippen LogP contribution < -0.4 is 5.32 Å². The smallest absolute Gasteiger partial charge is 0.144 e. The quantitative estimate of drug-likeness (QED) is 0.822. The highest BCUT2D eigenvalue weighted by Crippen LogP contribution is 2.25. The lowest BCUT2D eigenvalue weighted by Crippen LogP contribution is -2.43. The maximum atomic E-state index is 10.3. The second-order valence-corrected chi connectivity index (χ2v) is 4.65. The fourth-order valence-electron chi connectivity index (χ4n) is 1.87. The molecule has 1 fully saturated rings. The third kappa shape index (κ3) is 2.56. The molecular formula is C12H19N3O2. The van der Waals surface area contributed by atoms with Crippen molar-refractivity contribution < 1.29 is 9.84 Å². The van der Waals surface area contributed by atoms with Gasteiger partial charge in [0.2, 0.25) is 0 Å². The van der Waals surface area contributed by atoms with E-state index in [1.54, 1.807) is 6.20 Å². The lowest BCUT2D eigenvalue weighted by molar-refractivity contribution is -0.0176. The van der Waals surface area contributed by atoms with Crippen LogP contribution in [0.3, 0.4) is 0 Å². The standard InChI is InChI=1S/C12H19N3O2/c1-8-9(2)15-11(6-13-8)14-7-12(16)4-5-17-10(12)3/h6,10,16H,4-5,7H2,1-3H3,(H,14,15). The number of ether oxygens (including phenoxy) is 1. The van der Waals surface area contributed by atoms with Crippen LogP contribution >= 0.6 is 0 Å². The predicted octanol–water partition coefficient (Wildman–Crippen LogP) is 1.05. The summed E-state index contributed by atoms with van der Waals surface area (Å²) in [4.78, 5) is 8.59. The van der Waals surface area contributed by atoms with E-state index >= 15 is 0 Å². The minimum absolute atomic E-state index is 0.144. The van der Waals surface area contributed by atoms with Crippen LogP contribution in [0.15, 0.2) is 6.20 Å². The zero-order chi connectivity index (χ0) is 12.5. The number of aliphatic hydroxyl groups is 1. The zero-order valence-corrected chi connectivity index (χ0v) is 10.5. The van der Waals surface area contributed by atoms with E-state index in [9.17, 15) is 5.11 Å². The van der Waals surface area contributed by atoms with Crippen molar-refractivity contribution in [2.75, 3.05) is 18.5 Å². The van der Waals surface area contributed by atoms with Gasteiger partial charge in [0, 0.05) is 19.6 Å². The SMILES string of the molecule is Cc1ncc(NCC2(O)CCOC2C)nc1C. The van der Waals surface area contributed by atoms with Crippen molar-refractivity contribution in [2.45, 2.75) is 38.9 Å². The second kappa shape index (κ2) is 4.58. The minimum Gasteiger partial charge on any atom is -0.385 e. The summed E-state index contributed by atoms with van der Waals surface area (Å²) in [5, 5.41) is 13.4. The summed E-state index contributed by atoms with van der Waals surface area (Å²) in [5.74, 6) is 0.695. The summed E-state index contributed by atoms with van der Waals surface area (Å²) in [6, 6.07) is 0. The van der Waals surface area contributed by atoms with Crippen molar-refractivity contribution in [1.29, 1.82) is 0 Å². The van der Waals surface area contributed by atoms with Gasteiger partial charge in [0.15, 0.2) is 0 Å². The normalized spacial score (nSPS) is 28.4. The van der Waals surface area contributed by atoms with Crippen LogP contribution in [-0.2, 0) is 4.74 Å². The van der Waals surface area contributed by atoms with Crippen molar-refractivity contribution in [3.63, 3.8) is 0 Å². The van der Waals surface area contributed by atoms with Gasteiger partial charge in [0.05, 0.1) is 23.7 Å². The Morgan fingerprint density at radius 1 is 1.53 bits per heavy atom. The van der Waals surface area contributed by atoms with Gasteiger partial charge in [-0.05, 0) is 20.8 Å². The highest BCUT2D eigenvalue weighted by molar-refractivity contribution is 5.34. The number of hydrogen-bond acceptors (Lipinski definition) is 5. The third-order valence-electron chi connectivity index (χ3n) is 3.43. The number of aromatic nitrogens is 2. The zero-order valence-electron chi connectivity index (χ0n) is 10.5. The average Bonchev–Trinajstić information content (AvgIpc) is 2.62. The Morgan fingerprint density at radius 2 is 2.29 bits per heavy atom. The molecule has 1 aromatic rings. The van der Waals surface area contributed by atoms with Gasteiger partial charge in [-0.1, -0.05) is 0 Å². The molecule has 94 valence electrons. The first-order valence-corrected chi connectivity index (χ1v) is 5.89. The van der Waals surface area contributed by atoms with Gasteiger partial charge in [0.1, 0.15) is 11.4 Å². The van der Waals surface area contributed by atoms with Crippen LogP contribution in [0, 0.1) is 13.8 Å². The van der Waals surface area contributed by atoms with Crippen molar-refractivity contribution in [2.24, 2.45) is 0 Å². The van der Waals surface area contributed by atoms with Gasteiger partial charge >= 0.3 is 0 Å². The van der Waals surface area contributed by atoms with Gasteiger partial charge in [-0.2, -0.15) is 0 Å². The molecule has 1 aliphatic heterocycles. The van der Waals surface area contributed by atoms with Crippen LogP contribution in [0.2, 0.25) is 0 Å². The van der Waals surface area contributed by atoms with Crippen molar-refractivity contribution in [3.05, 3.63) is 17.6 Å². The summed E-state index contributed by atoms with van der Waals surface area (Å²) in [6.45, 7) is 6.78. The number of rotatable bonds is 3. The summed E-state index contributed by atoms with van der Waals surface area (Å²) >= 11 is 0. The van der Waals surface area contributed by atoms with Gasteiger partial charge in [-0.25, -0.2) is 4.98 Å². The molecule has 0 spiro atoms. The first kappa shape index (κ1) is 12.3. The number of nitrogens with zero attached hydrogens (tertiary/aromatic N) is 2. The molecule has 17 heavy (non-hydrogen) atoms. The summed E-state index contributed by atoms with van der Waals surface area (Å²) in [6.07, 6.45) is 2.19. The van der Waals surface area contributed by atoms with E-state index in [1.165, 1.54) is 0 Å². The Labute approximate surface area is 101 Å². The molecule has 1 saturated heterocycles. The number of hydrogen-bond donors (Lipinski definition) is 2. The van der Waals surface area contributed by atoms with Crippen LogP contribution in [0.5, 0.6) is 0 Å². The number of aryl methyl sites for hydroxylation is 2. The van der Waals surface area contributed by atoms with E-state index in [1.807, 2.05) is 20.8 Å². The van der Waals surface area contributed by atoms with E-state index < -0.39 is 5.60 Å². The molecule has 2 atom stereocenters. The molecule has 0 saturated carbocycles. The first-order chi connectivity index (χ1) is 8.01. The van der Waals surface area contributed by atoms with E-state index in [0.29, 0.717) is 25.4 Å². The molecule has 2 unspecified atom stereocenters. The van der Waals surface area contributed by atoms with Gasteiger partial charge < -0.3 is 15.2 Å². The minimum atomic E-state index is -0.805. The van der Waals surface area contributed by atoms with E-state index in [2.05, 4.69) is 15.3 Å². The monoisotopic (exact) mass is 237 g/mol. The summed E-state index contributed by atoms with van der Waals surface area (Å²) in [5.41, 5.74) is 1.02. The Hall–Kier alpha value is -1.20. The van der Waals surface area contributed by atoms with Gasteiger partial charge in [0.25, 0.3) is 0 Å². The third-order valence-corrected chi connectivity index (χ3v) is 3.43. The fraction of sp³-hybridized carbons (Fsp3) is 0.667. The molecule has 0 aliphatic carbocycles. The lowest BCUT2D eigenvalue weighted by atomic mass is 9.97. The highest BCUT2D eigenvalue weighted by atomic mass is 16.5. The van der Waals surface area contributed by atoms with Crippen LogP contribution in [0.25, 0.3) is 0 Å². The predicted molar refractivity (Wildman–Crippen MR) is 65.0 cm³/mol. The first-order valence-electron chi connectivity index (χ1n) is 5.89. The van der Waals surface area contributed by atoms with E-state index in [0.717, 1.165) is 11.4 Å². The molecule has 0 amide bonds. The van der Waals surface area contributed by atoms with E-state index in [-0.39, 0.29) is 6.10 Å². The van der Waals surface area contributed by atoms with E-state index in [4.69, 9.17) is 4.74 Å². The molecular weight excluding hydrogens is 218 g/mol. The van der Waals surface area contributed by atoms with Gasteiger partial charge in [-0.3, -0.25) is 4.98 Å². The molecule has 1 aliphatic rings. The molecule has 5 heteroatoms. The van der Waals surface area contributed by atoms with Gasteiger partial charge in [-0.15, -0.1) is 0 Å².